The summed E-state index contributed by atoms with van der Waals surface area (Å²) >= 11 is 0. The van der Waals surface area contributed by atoms with Crippen molar-refractivity contribution in [1.29, 1.82) is 0 Å². The third-order valence-corrected chi connectivity index (χ3v) is 3.51. The summed E-state index contributed by atoms with van der Waals surface area (Å²) < 4.78 is 0. The number of rotatable bonds is 0. The van der Waals surface area contributed by atoms with E-state index in [0.29, 0.717) is 5.92 Å². The molecule has 0 aliphatic heterocycles. The summed E-state index contributed by atoms with van der Waals surface area (Å²) in [5.74, 6) is 8.92. The molecule has 0 aromatic rings. The van der Waals surface area contributed by atoms with Crippen LogP contribution in [0.5, 0.6) is 0 Å². The van der Waals surface area contributed by atoms with Crippen LogP contribution in [0, 0.1) is 48.3 Å². The summed E-state index contributed by atoms with van der Waals surface area (Å²) in [6, 6.07) is 0.428. The molecule has 0 heterocycles. The normalized spacial score (nSPS) is 15.8. The average Bonchev–Trinajstić information content (AvgIpc) is 2.69. The van der Waals surface area contributed by atoms with Crippen LogP contribution in [0.15, 0.2) is 0 Å². The molecule has 0 amide bonds. The van der Waals surface area contributed by atoms with Crippen LogP contribution in [0.25, 0.3) is 29.9 Å². The van der Waals surface area contributed by atoms with Gasteiger partial charge >= 0.3 is 63.2 Å². The van der Waals surface area contributed by atoms with Crippen molar-refractivity contribution in [3.05, 3.63) is 72.4 Å². The van der Waals surface area contributed by atoms with Crippen molar-refractivity contribution in [3.8, 4) is 0 Å². The van der Waals surface area contributed by atoms with Gasteiger partial charge in [-0.1, -0.05) is 57.8 Å². The molecule has 8 N–H and O–H groups in total. The SMILES string of the molecule is C[C-](C)C.C[C-](C)C.C[C-](C)C.C[C-](C)C.C[C-](C)C.C[C-](C)C.[CH2-]C1CCCCC1[NH-].[NH-]C1CCCCC1.[NH2-].[NH2-].[NH2-].[Pt+4].[Pt+4].[Pt+4]. The van der Waals surface area contributed by atoms with Gasteiger partial charge in [-0.05, 0) is 0 Å². The maximum absolute atomic E-state index is 7.42. The van der Waals surface area contributed by atoms with E-state index in [4.69, 9.17) is 11.5 Å². The van der Waals surface area contributed by atoms with Crippen LogP contribution in [0.2, 0.25) is 0 Å². The molecule has 2 saturated carbocycles. The molecular weight excluding hydrogens is 1100 g/mol. The third kappa shape index (κ3) is 203. The minimum Gasteiger partial charge on any atom is -0.693 e. The van der Waals surface area contributed by atoms with E-state index in [1.807, 2.05) is 0 Å². The summed E-state index contributed by atoms with van der Waals surface area (Å²) in [7, 11) is 0. The summed E-state index contributed by atoms with van der Waals surface area (Å²) in [6.45, 7) is 41.4. The second kappa shape index (κ2) is 64.4. The predicted molar refractivity (Wildman–Crippen MR) is 204 cm³/mol. The van der Waals surface area contributed by atoms with E-state index < -0.39 is 0 Å². The van der Waals surface area contributed by atoms with Crippen LogP contribution in [-0.2, 0) is 63.2 Å². The van der Waals surface area contributed by atoms with Crippen molar-refractivity contribution in [1.82, 2.24) is 0 Å². The minimum absolute atomic E-state index is 0. The van der Waals surface area contributed by atoms with Gasteiger partial charge in [0.2, 0.25) is 0 Å². The zero-order chi connectivity index (χ0) is 32.6. The molecule has 0 radical (unpaired) electrons. The van der Waals surface area contributed by atoms with Crippen LogP contribution >= 0.6 is 0 Å². The van der Waals surface area contributed by atoms with Crippen molar-refractivity contribution in [3.63, 3.8) is 0 Å². The first-order valence-electron chi connectivity index (χ1n) is 15.5. The molecule has 0 spiro atoms. The van der Waals surface area contributed by atoms with Gasteiger partial charge in [0.05, 0.1) is 0 Å². The summed E-state index contributed by atoms with van der Waals surface area (Å²) in [5.41, 5.74) is 14.7. The zero-order valence-electron chi connectivity index (χ0n) is 33.5. The quantitative estimate of drug-likeness (QED) is 0.213. The molecular formula is C37H85N5Pt3. The van der Waals surface area contributed by atoms with Crippen LogP contribution in [0.4, 0.5) is 0 Å². The first-order valence-corrected chi connectivity index (χ1v) is 15.5. The fourth-order valence-electron chi connectivity index (χ4n) is 2.31. The molecule has 2 aliphatic carbocycles. The van der Waals surface area contributed by atoms with Crippen LogP contribution in [-0.4, -0.2) is 12.1 Å². The molecule has 5 nitrogen and oxygen atoms in total. The van der Waals surface area contributed by atoms with Crippen molar-refractivity contribution < 1.29 is 63.2 Å². The summed E-state index contributed by atoms with van der Waals surface area (Å²) in [5, 5.41) is 0. The molecule has 2 aliphatic rings. The van der Waals surface area contributed by atoms with Crippen molar-refractivity contribution in [2.24, 2.45) is 5.92 Å². The fourth-order valence-corrected chi connectivity index (χ4v) is 2.31. The number of nitrogens with two attached hydrogens (primary N) is 3. The van der Waals surface area contributed by atoms with Gasteiger partial charge < -0.3 is 72.4 Å². The Morgan fingerprint density at radius 2 is 0.556 bits per heavy atom. The smallest absolute Gasteiger partial charge is 0.693 e. The second-order valence-corrected chi connectivity index (χ2v) is 14.0. The first kappa shape index (κ1) is 81.1. The molecule has 2 atom stereocenters. The van der Waals surface area contributed by atoms with Gasteiger partial charge in [-0.3, -0.25) is 0 Å². The summed E-state index contributed by atoms with van der Waals surface area (Å²) in [6.07, 6.45) is 11.1. The van der Waals surface area contributed by atoms with Gasteiger partial charge in [-0.15, -0.1) is 6.04 Å². The maximum Gasteiger partial charge on any atom is 4.00 e. The van der Waals surface area contributed by atoms with E-state index >= 15 is 0 Å². The Morgan fingerprint density at radius 3 is 0.667 bits per heavy atom. The van der Waals surface area contributed by atoms with Gasteiger partial charge in [0.15, 0.2) is 0 Å². The Balaban J connectivity index is -0.0000000277. The molecule has 0 saturated heterocycles. The number of nitrogens with one attached hydrogen (secondary N) is 2. The van der Waals surface area contributed by atoms with E-state index in [-0.39, 0.29) is 93.7 Å². The maximum atomic E-state index is 7.42. The van der Waals surface area contributed by atoms with Crippen LogP contribution in [0.3, 0.4) is 0 Å². The molecule has 0 aromatic heterocycles. The molecule has 2 unspecified atom stereocenters. The van der Waals surface area contributed by atoms with Crippen molar-refractivity contribution in [2.45, 2.75) is 194 Å². The molecule has 8 heteroatoms. The van der Waals surface area contributed by atoms with E-state index in [0.717, 1.165) is 19.3 Å². The Labute approximate surface area is 333 Å². The predicted octanol–water partition coefficient (Wildman–Crippen LogP) is 16.7. The topological polar surface area (TPSA) is 148 Å². The van der Waals surface area contributed by atoms with Crippen molar-refractivity contribution >= 4 is 0 Å². The van der Waals surface area contributed by atoms with Crippen LogP contribution in [0.1, 0.15) is 182 Å². The van der Waals surface area contributed by atoms with Crippen LogP contribution < -0.4 is 0 Å². The first-order chi connectivity index (χ1) is 17.6. The van der Waals surface area contributed by atoms with E-state index in [1.54, 1.807) is 0 Å². The molecule has 288 valence electrons. The molecule has 0 aromatic carbocycles. The molecule has 2 rings (SSSR count). The van der Waals surface area contributed by atoms with E-state index in [9.17, 15) is 0 Å². The Morgan fingerprint density at radius 1 is 0.378 bits per heavy atom. The number of hydrogen-bond donors (Lipinski definition) is 0. The van der Waals surface area contributed by atoms with Gasteiger partial charge in [0, 0.05) is 0 Å². The zero-order valence-corrected chi connectivity index (χ0v) is 40.3. The van der Waals surface area contributed by atoms with Gasteiger partial charge in [-0.25, -0.2) is 0 Å². The Kier molecular flexibility index (Phi) is 116. The van der Waals surface area contributed by atoms with E-state index in [1.165, 1.54) is 74.0 Å². The second-order valence-electron chi connectivity index (χ2n) is 14.0. The molecule has 2 fully saturated rings. The summed E-state index contributed by atoms with van der Waals surface area (Å²) in [4.78, 5) is 0. The van der Waals surface area contributed by atoms with Crippen molar-refractivity contribution in [2.75, 3.05) is 0 Å². The van der Waals surface area contributed by atoms with E-state index in [2.05, 4.69) is 132 Å². The number of hydrogen-bond acceptors (Lipinski definition) is 0. The third-order valence-electron chi connectivity index (χ3n) is 3.51. The van der Waals surface area contributed by atoms with Gasteiger partial charge in [0.1, 0.15) is 0 Å². The van der Waals surface area contributed by atoms with Gasteiger partial charge in [-0.2, -0.15) is 137 Å². The standard InChI is InChI=1S/C7H13N.C6H12N.6C4H9.3H2N.3Pt/c1-6-4-2-3-5-7(6)8;7-6-4-2-1-3-5-6;6*1-4(2)3;;;;;;/h6-8H,1-5H2;6-7H,1-5H2;6*1-3H3;3*1H2;;;/q-2;10*-1;3*+4. The minimum atomic E-state index is 0. The molecule has 0 bridgehead atoms. The average molecular weight is 1190 g/mol. The fraction of sp³-hybridized carbons (Fsp3) is 0.811. The monoisotopic (exact) mass is 1180 g/mol. The Bertz CT molecular complexity index is 319. The largest absolute Gasteiger partial charge is 4.00 e. The Hall–Kier alpha value is 1.86. The van der Waals surface area contributed by atoms with Gasteiger partial charge in [0.25, 0.3) is 0 Å². The molecule has 45 heavy (non-hydrogen) atoms.